The number of nitrogens with two attached hydrogens (primary N) is 1. The molecule has 2 heterocycles. The van der Waals surface area contributed by atoms with Crippen molar-refractivity contribution in [2.24, 2.45) is 17.6 Å². The van der Waals surface area contributed by atoms with Gasteiger partial charge in [-0.25, -0.2) is 8.42 Å². The Hall–Kier alpha value is -2.97. The van der Waals surface area contributed by atoms with Crippen molar-refractivity contribution in [1.29, 1.82) is 0 Å². The molecule has 2 aliphatic rings. The Morgan fingerprint density at radius 1 is 1.13 bits per heavy atom. The van der Waals surface area contributed by atoms with Crippen LogP contribution >= 0.6 is 0 Å². The van der Waals surface area contributed by atoms with E-state index in [1.807, 2.05) is 0 Å². The van der Waals surface area contributed by atoms with E-state index in [0.29, 0.717) is 29.4 Å². The number of hydrogen-bond acceptors (Lipinski definition) is 6. The molecule has 0 saturated carbocycles. The molecule has 0 fully saturated rings. The maximum absolute atomic E-state index is 13.5. The Balaban J connectivity index is 1.82. The van der Waals surface area contributed by atoms with E-state index in [9.17, 15) is 18.0 Å². The molecule has 0 radical (unpaired) electrons. The van der Waals surface area contributed by atoms with Crippen LogP contribution in [0.1, 0.15) is 36.2 Å². The van der Waals surface area contributed by atoms with Crippen LogP contribution in [0.15, 0.2) is 58.5 Å². The van der Waals surface area contributed by atoms with E-state index in [0.717, 1.165) is 17.4 Å². The van der Waals surface area contributed by atoms with Crippen LogP contribution in [0.25, 0.3) is 0 Å². The van der Waals surface area contributed by atoms with E-state index < -0.39 is 27.4 Å². The molecule has 162 valence electrons. The summed E-state index contributed by atoms with van der Waals surface area (Å²) in [6.45, 7) is 4.81. The minimum Gasteiger partial charge on any atom is -0.356 e. The molecule has 2 aromatic rings. The van der Waals surface area contributed by atoms with Crippen LogP contribution < -0.4 is 16.0 Å². The number of fused-ring (bicyclic) bond motifs is 2. The van der Waals surface area contributed by atoms with E-state index in [2.05, 4.69) is 19.2 Å². The molecule has 31 heavy (non-hydrogen) atoms. The minimum atomic E-state index is -3.79. The van der Waals surface area contributed by atoms with Crippen molar-refractivity contribution in [3.05, 3.63) is 64.7 Å². The first-order valence-electron chi connectivity index (χ1n) is 10.2. The summed E-state index contributed by atoms with van der Waals surface area (Å²) in [5.74, 6) is -1.75. The van der Waals surface area contributed by atoms with Gasteiger partial charge in [0.1, 0.15) is 5.92 Å². The Bertz CT molecular complexity index is 1200. The quantitative estimate of drug-likeness (QED) is 0.693. The molecule has 7 nitrogen and oxygen atoms in total. The first-order chi connectivity index (χ1) is 14.7. The molecule has 0 aromatic heterocycles. The van der Waals surface area contributed by atoms with Crippen LogP contribution in [0.5, 0.6) is 0 Å². The third-order valence-electron chi connectivity index (χ3n) is 5.62. The summed E-state index contributed by atoms with van der Waals surface area (Å²) in [6, 6.07) is 11.7. The fraction of sp³-hybridized carbons (Fsp3) is 0.304. The molecule has 1 atom stereocenters. The summed E-state index contributed by atoms with van der Waals surface area (Å²) in [5, 5.41) is 4.03. The lowest BCUT2D eigenvalue weighted by atomic mass is 9.86. The highest BCUT2D eigenvalue weighted by atomic mass is 32.2. The zero-order chi connectivity index (χ0) is 22.3. The number of ketones is 1. The lowest BCUT2D eigenvalue weighted by Gasteiger charge is -2.35. The predicted molar refractivity (Wildman–Crippen MR) is 119 cm³/mol. The topological polar surface area (TPSA) is 110 Å². The molecule has 0 aliphatic carbocycles. The van der Waals surface area contributed by atoms with Gasteiger partial charge < -0.3 is 16.0 Å². The standard InChI is InChI=1S/C23H25N3O4S/c1-14(2)9-10-26-19-8-7-15(12-24)11-16(19)22(27)21(23(26)28)18-13-31(29,30)20-6-4-3-5-17(20)25-18/h3-8,11,13-14,21,25H,9-10,12,24H2,1-2H3. The van der Waals surface area contributed by atoms with Gasteiger partial charge in [0, 0.05) is 24.4 Å². The number of nitrogens with zero attached hydrogens (tertiary/aromatic N) is 1. The lowest BCUT2D eigenvalue weighted by molar-refractivity contribution is -0.120. The summed E-state index contributed by atoms with van der Waals surface area (Å²) >= 11 is 0. The normalized spacial score (nSPS) is 19.5. The second-order valence-electron chi connectivity index (χ2n) is 8.26. The number of benzene rings is 2. The number of hydrogen-bond donors (Lipinski definition) is 2. The molecule has 4 rings (SSSR count). The Kier molecular flexibility index (Phi) is 5.45. The molecule has 2 aromatic carbocycles. The lowest BCUT2D eigenvalue weighted by Crippen LogP contribution is -2.47. The van der Waals surface area contributed by atoms with Crippen molar-refractivity contribution in [2.75, 3.05) is 16.8 Å². The summed E-state index contributed by atoms with van der Waals surface area (Å²) in [7, 11) is -3.79. The minimum absolute atomic E-state index is 0.0760. The Labute approximate surface area is 181 Å². The summed E-state index contributed by atoms with van der Waals surface area (Å²) in [5.41, 5.74) is 7.89. The monoisotopic (exact) mass is 439 g/mol. The smallest absolute Gasteiger partial charge is 0.244 e. The van der Waals surface area contributed by atoms with Crippen molar-refractivity contribution in [1.82, 2.24) is 0 Å². The summed E-state index contributed by atoms with van der Waals surface area (Å²) < 4.78 is 25.6. The van der Waals surface area contributed by atoms with E-state index >= 15 is 0 Å². The van der Waals surface area contributed by atoms with Crippen LogP contribution in [0.3, 0.4) is 0 Å². The first kappa shape index (κ1) is 21.3. The zero-order valence-corrected chi connectivity index (χ0v) is 18.3. The number of anilines is 2. The molecule has 1 amide bonds. The number of carbonyl (C=O) groups is 2. The van der Waals surface area contributed by atoms with E-state index in [1.54, 1.807) is 41.3 Å². The summed E-state index contributed by atoms with van der Waals surface area (Å²) in [4.78, 5) is 28.6. The van der Waals surface area contributed by atoms with Gasteiger partial charge in [-0.1, -0.05) is 32.0 Å². The molecule has 2 aliphatic heterocycles. The fourth-order valence-electron chi connectivity index (χ4n) is 3.95. The molecular formula is C23H25N3O4S. The summed E-state index contributed by atoms with van der Waals surface area (Å²) in [6.07, 6.45) is 0.748. The van der Waals surface area contributed by atoms with Gasteiger partial charge in [0.2, 0.25) is 15.7 Å². The van der Waals surface area contributed by atoms with Gasteiger partial charge >= 0.3 is 0 Å². The molecule has 0 saturated heterocycles. The third kappa shape index (κ3) is 3.77. The van der Waals surface area contributed by atoms with Crippen LogP contribution in [0, 0.1) is 11.8 Å². The number of sulfone groups is 1. The van der Waals surface area contributed by atoms with Crippen molar-refractivity contribution >= 4 is 32.9 Å². The average Bonchev–Trinajstić information content (AvgIpc) is 2.73. The Morgan fingerprint density at radius 3 is 2.58 bits per heavy atom. The van der Waals surface area contributed by atoms with Crippen LogP contribution in [0.2, 0.25) is 0 Å². The first-order valence-corrected chi connectivity index (χ1v) is 11.8. The number of nitrogens with one attached hydrogen (secondary N) is 1. The zero-order valence-electron chi connectivity index (χ0n) is 17.5. The van der Waals surface area contributed by atoms with Gasteiger partial charge in [0.05, 0.1) is 21.7 Å². The van der Waals surface area contributed by atoms with E-state index in [-0.39, 0.29) is 17.1 Å². The molecule has 0 bridgehead atoms. The van der Waals surface area contributed by atoms with Crippen molar-refractivity contribution in [2.45, 2.75) is 31.7 Å². The van der Waals surface area contributed by atoms with Crippen LogP contribution in [-0.4, -0.2) is 26.7 Å². The van der Waals surface area contributed by atoms with E-state index in [1.165, 1.54) is 6.07 Å². The number of carbonyl (C=O) groups excluding carboxylic acids is 2. The second-order valence-corrected chi connectivity index (χ2v) is 10.0. The van der Waals surface area contributed by atoms with E-state index in [4.69, 9.17) is 5.73 Å². The highest BCUT2D eigenvalue weighted by Gasteiger charge is 2.43. The largest absolute Gasteiger partial charge is 0.356 e. The molecule has 1 unspecified atom stereocenters. The molecule has 3 N–H and O–H groups in total. The fourth-order valence-corrected chi connectivity index (χ4v) is 5.30. The van der Waals surface area contributed by atoms with Crippen molar-refractivity contribution in [3.63, 3.8) is 0 Å². The maximum atomic E-state index is 13.5. The number of rotatable bonds is 5. The van der Waals surface area contributed by atoms with Gasteiger partial charge in [-0.05, 0) is 42.2 Å². The average molecular weight is 440 g/mol. The maximum Gasteiger partial charge on any atom is 0.244 e. The second kappa shape index (κ2) is 7.94. The van der Waals surface area contributed by atoms with Gasteiger partial charge in [-0.3, -0.25) is 9.59 Å². The molecule has 0 spiro atoms. The number of amides is 1. The van der Waals surface area contributed by atoms with Gasteiger partial charge in [-0.2, -0.15) is 0 Å². The molecular weight excluding hydrogens is 414 g/mol. The van der Waals surface area contributed by atoms with Crippen molar-refractivity contribution < 1.29 is 18.0 Å². The van der Waals surface area contributed by atoms with Gasteiger partial charge in [0.25, 0.3) is 0 Å². The highest BCUT2D eigenvalue weighted by molar-refractivity contribution is 7.94. The highest BCUT2D eigenvalue weighted by Crippen LogP contribution is 2.38. The third-order valence-corrected chi connectivity index (χ3v) is 7.16. The van der Waals surface area contributed by atoms with Gasteiger partial charge in [-0.15, -0.1) is 0 Å². The van der Waals surface area contributed by atoms with Crippen molar-refractivity contribution in [3.8, 4) is 0 Å². The van der Waals surface area contributed by atoms with Gasteiger partial charge in [0.15, 0.2) is 5.78 Å². The van der Waals surface area contributed by atoms with Crippen LogP contribution in [-0.2, 0) is 21.2 Å². The SMILES string of the molecule is CC(C)CCN1C(=O)C(C2=CS(=O)(=O)c3ccccc3N2)C(=O)c2cc(CN)ccc21. The number of para-hydroxylation sites is 1. The van der Waals surface area contributed by atoms with Crippen LogP contribution in [0.4, 0.5) is 11.4 Å². The predicted octanol–water partition coefficient (Wildman–Crippen LogP) is 3.08. The molecule has 8 heteroatoms. The Morgan fingerprint density at radius 2 is 1.87 bits per heavy atom. The number of Topliss-reactive ketones (excluding diaryl/α,β-unsaturated/α-hetero) is 1.